The number of pyridine rings is 1. The number of rotatable bonds is 6. The van der Waals surface area contributed by atoms with Crippen LogP contribution in [0.2, 0.25) is 0 Å². The number of carbonyl (C=O) groups is 2. The second-order valence-corrected chi connectivity index (χ2v) is 8.14. The number of benzene rings is 1. The molecule has 0 spiro atoms. The average molecular weight is 393 g/mol. The van der Waals surface area contributed by atoms with Gasteiger partial charge in [0.1, 0.15) is 5.82 Å². The lowest BCUT2D eigenvalue weighted by atomic mass is 9.83. The molecule has 0 atom stereocenters. The molecule has 152 valence electrons. The van der Waals surface area contributed by atoms with E-state index in [0.29, 0.717) is 5.82 Å². The van der Waals surface area contributed by atoms with E-state index in [-0.39, 0.29) is 30.2 Å². The van der Waals surface area contributed by atoms with Crippen LogP contribution < -0.4 is 10.2 Å². The summed E-state index contributed by atoms with van der Waals surface area (Å²) in [6.07, 6.45) is 3.41. The highest BCUT2D eigenvalue weighted by Gasteiger charge is 2.38. The van der Waals surface area contributed by atoms with Crippen LogP contribution in [0.4, 0.5) is 11.5 Å². The highest BCUT2D eigenvalue weighted by molar-refractivity contribution is 5.95. The summed E-state index contributed by atoms with van der Waals surface area (Å²) < 4.78 is 0. The molecule has 6 heteroatoms. The molecular weight excluding hydrogens is 364 g/mol. The van der Waals surface area contributed by atoms with Gasteiger partial charge in [-0.2, -0.15) is 0 Å². The normalized spacial score (nSPS) is 16.2. The minimum absolute atomic E-state index is 0.0310. The Morgan fingerprint density at radius 3 is 2.55 bits per heavy atom. The molecule has 6 nitrogen and oxygen atoms in total. The van der Waals surface area contributed by atoms with Gasteiger partial charge < -0.3 is 10.2 Å². The van der Waals surface area contributed by atoms with E-state index in [9.17, 15) is 9.59 Å². The summed E-state index contributed by atoms with van der Waals surface area (Å²) in [4.78, 5) is 32.8. The first-order valence-electron chi connectivity index (χ1n) is 9.68. The number of nitrogens with zero attached hydrogens (tertiary/aromatic N) is 3. The van der Waals surface area contributed by atoms with Gasteiger partial charge in [-0.05, 0) is 37.2 Å². The fraction of sp³-hybridized carbons (Fsp3) is 0.348. The number of fused-ring (bicyclic) bond motifs is 1. The van der Waals surface area contributed by atoms with E-state index in [1.807, 2.05) is 32.2 Å². The van der Waals surface area contributed by atoms with E-state index in [1.165, 1.54) is 5.56 Å². The molecule has 29 heavy (non-hydrogen) atoms. The predicted molar refractivity (Wildman–Crippen MR) is 116 cm³/mol. The number of nitrogens with one attached hydrogen (secondary N) is 1. The van der Waals surface area contributed by atoms with Crippen molar-refractivity contribution in [3.05, 3.63) is 65.5 Å². The van der Waals surface area contributed by atoms with Gasteiger partial charge in [-0.15, -0.1) is 0 Å². The second-order valence-electron chi connectivity index (χ2n) is 8.14. The van der Waals surface area contributed by atoms with Crippen molar-refractivity contribution in [3.63, 3.8) is 0 Å². The van der Waals surface area contributed by atoms with Crippen LogP contribution in [0.25, 0.3) is 0 Å². The molecule has 0 saturated heterocycles. The first-order valence-corrected chi connectivity index (χ1v) is 9.68. The van der Waals surface area contributed by atoms with Crippen molar-refractivity contribution in [1.29, 1.82) is 0 Å². The minimum atomic E-state index is -0.242. The molecular formula is C23H28N4O2. The Kier molecular flexibility index (Phi) is 5.84. The van der Waals surface area contributed by atoms with Crippen LogP contribution in [-0.2, 0) is 15.0 Å². The largest absolute Gasteiger partial charge is 0.347 e. The van der Waals surface area contributed by atoms with Crippen molar-refractivity contribution in [2.24, 2.45) is 0 Å². The van der Waals surface area contributed by atoms with E-state index in [0.717, 1.165) is 16.9 Å². The third-order valence-electron chi connectivity index (χ3n) is 5.26. The number of hydrogen-bond acceptors (Lipinski definition) is 5. The Morgan fingerprint density at radius 2 is 1.90 bits per heavy atom. The Bertz CT molecular complexity index is 948. The molecule has 2 heterocycles. The maximum Gasteiger partial charge on any atom is 0.239 e. The van der Waals surface area contributed by atoms with Gasteiger partial charge in [-0.25, -0.2) is 4.98 Å². The molecule has 2 aromatic rings. The van der Waals surface area contributed by atoms with Gasteiger partial charge >= 0.3 is 0 Å². The van der Waals surface area contributed by atoms with Crippen LogP contribution >= 0.6 is 0 Å². The van der Waals surface area contributed by atoms with Gasteiger partial charge in [-0.1, -0.05) is 38.1 Å². The third kappa shape index (κ3) is 4.54. The zero-order chi connectivity index (χ0) is 21.2. The number of para-hydroxylation sites is 1. The van der Waals surface area contributed by atoms with E-state index in [2.05, 4.69) is 41.2 Å². The topological polar surface area (TPSA) is 65.5 Å². The number of amides is 1. The SMILES string of the molecule is Cc1ccc(NC(=O)CN(C)CC(=O)/C=C2\N(C)c3ccccc3C2(C)C)nc1. The highest BCUT2D eigenvalue weighted by atomic mass is 16.2. The van der Waals surface area contributed by atoms with E-state index in [1.54, 1.807) is 30.3 Å². The van der Waals surface area contributed by atoms with Crippen LogP contribution in [0.5, 0.6) is 0 Å². The molecule has 0 unspecified atom stereocenters. The number of ketones is 1. The first-order chi connectivity index (χ1) is 13.7. The molecule has 0 saturated carbocycles. The van der Waals surface area contributed by atoms with Gasteiger partial charge in [0.2, 0.25) is 5.91 Å². The maximum atomic E-state index is 12.7. The third-order valence-corrected chi connectivity index (χ3v) is 5.26. The van der Waals surface area contributed by atoms with Crippen molar-refractivity contribution in [2.45, 2.75) is 26.2 Å². The van der Waals surface area contributed by atoms with E-state index >= 15 is 0 Å². The smallest absolute Gasteiger partial charge is 0.239 e. The molecule has 1 amide bonds. The number of aryl methyl sites for hydroxylation is 1. The zero-order valence-electron chi connectivity index (χ0n) is 17.7. The van der Waals surface area contributed by atoms with Gasteiger partial charge in [-0.3, -0.25) is 14.5 Å². The number of hydrogen-bond donors (Lipinski definition) is 1. The van der Waals surface area contributed by atoms with Gasteiger partial charge in [0, 0.05) is 36.1 Å². The lowest BCUT2D eigenvalue weighted by molar-refractivity contribution is -0.118. The molecule has 0 bridgehead atoms. The van der Waals surface area contributed by atoms with Crippen molar-refractivity contribution < 1.29 is 9.59 Å². The number of anilines is 2. The summed E-state index contributed by atoms with van der Waals surface area (Å²) in [5.74, 6) is 0.279. The summed E-state index contributed by atoms with van der Waals surface area (Å²) in [6.45, 7) is 6.47. The number of allylic oxidation sites excluding steroid dienone is 1. The summed E-state index contributed by atoms with van der Waals surface area (Å²) >= 11 is 0. The number of aromatic nitrogens is 1. The summed E-state index contributed by atoms with van der Waals surface area (Å²) in [6, 6.07) is 11.9. The molecule has 1 aliphatic rings. The van der Waals surface area contributed by atoms with Crippen LogP contribution in [0, 0.1) is 6.92 Å². The standard InChI is InChI=1S/C23H28N4O2/c1-16-10-11-21(24-13-16)25-22(29)15-26(4)14-17(28)12-20-23(2,3)18-8-6-7-9-19(18)27(20)5/h6-13H,14-15H2,1-5H3,(H,24,25,29)/b20-12-. The Hall–Kier alpha value is -2.99. The molecule has 0 fully saturated rings. The van der Waals surface area contributed by atoms with Crippen LogP contribution in [0.1, 0.15) is 25.0 Å². The molecule has 0 aliphatic carbocycles. The van der Waals surface area contributed by atoms with Crippen LogP contribution in [-0.4, -0.2) is 48.8 Å². The fourth-order valence-corrected chi connectivity index (χ4v) is 3.75. The number of carbonyl (C=O) groups excluding carboxylic acids is 2. The minimum Gasteiger partial charge on any atom is -0.347 e. The molecule has 1 N–H and O–H groups in total. The van der Waals surface area contributed by atoms with Crippen LogP contribution in [0.3, 0.4) is 0 Å². The summed E-state index contributed by atoms with van der Waals surface area (Å²) in [5.41, 5.74) is 4.08. The Labute approximate surface area is 172 Å². The molecule has 0 radical (unpaired) electrons. The van der Waals surface area contributed by atoms with Crippen molar-refractivity contribution >= 4 is 23.2 Å². The maximum absolute atomic E-state index is 12.7. The van der Waals surface area contributed by atoms with Crippen molar-refractivity contribution in [1.82, 2.24) is 9.88 Å². The quantitative estimate of drug-likeness (QED) is 0.765. The molecule has 1 aromatic heterocycles. The van der Waals surface area contributed by atoms with Crippen molar-refractivity contribution in [2.75, 3.05) is 37.4 Å². The average Bonchev–Trinajstić information content (AvgIpc) is 2.84. The lowest BCUT2D eigenvalue weighted by Crippen LogP contribution is -2.34. The Morgan fingerprint density at radius 1 is 1.17 bits per heavy atom. The fourth-order valence-electron chi connectivity index (χ4n) is 3.75. The molecule has 3 rings (SSSR count). The first kappa shape index (κ1) is 20.7. The van der Waals surface area contributed by atoms with Gasteiger partial charge in [0.25, 0.3) is 0 Å². The van der Waals surface area contributed by atoms with Crippen LogP contribution in [0.15, 0.2) is 54.4 Å². The van der Waals surface area contributed by atoms with E-state index < -0.39 is 0 Å². The summed E-state index contributed by atoms with van der Waals surface area (Å²) in [7, 11) is 3.75. The second kappa shape index (κ2) is 8.17. The summed E-state index contributed by atoms with van der Waals surface area (Å²) in [5, 5.41) is 2.75. The van der Waals surface area contributed by atoms with E-state index in [4.69, 9.17) is 0 Å². The number of likely N-dealkylation sites (N-methyl/N-ethyl adjacent to an activating group) is 2. The highest BCUT2D eigenvalue weighted by Crippen LogP contribution is 2.46. The zero-order valence-corrected chi connectivity index (χ0v) is 17.7. The monoisotopic (exact) mass is 392 g/mol. The molecule has 1 aromatic carbocycles. The van der Waals surface area contributed by atoms with Gasteiger partial charge in [0.05, 0.1) is 13.1 Å². The lowest BCUT2D eigenvalue weighted by Gasteiger charge is -2.24. The predicted octanol–water partition coefficient (Wildman–Crippen LogP) is 3.14. The Balaban J connectivity index is 1.61. The van der Waals surface area contributed by atoms with Crippen molar-refractivity contribution in [3.8, 4) is 0 Å². The molecule has 1 aliphatic heterocycles. The van der Waals surface area contributed by atoms with Gasteiger partial charge in [0.15, 0.2) is 5.78 Å².